The highest BCUT2D eigenvalue weighted by Gasteiger charge is 1.96. The zero-order valence-corrected chi connectivity index (χ0v) is 9.21. The number of methoxy groups -OCH3 is 1. The molecule has 0 radical (unpaired) electrons. The third kappa shape index (κ3) is 5.80. The van der Waals surface area contributed by atoms with E-state index in [1.165, 1.54) is 12.1 Å². The highest BCUT2D eigenvalue weighted by atomic mass is 19.1. The lowest BCUT2D eigenvalue weighted by atomic mass is 10.2. The van der Waals surface area contributed by atoms with Gasteiger partial charge in [-0.25, -0.2) is 4.39 Å². The molecule has 0 spiro atoms. The van der Waals surface area contributed by atoms with Crippen molar-refractivity contribution < 1.29 is 13.9 Å². The van der Waals surface area contributed by atoms with E-state index in [0.717, 1.165) is 6.61 Å². The molecule has 0 saturated carbocycles. The van der Waals surface area contributed by atoms with Crippen LogP contribution in [0.2, 0.25) is 0 Å². The lowest BCUT2D eigenvalue weighted by Crippen LogP contribution is -1.94. The minimum atomic E-state index is -0.263. The second kappa shape index (κ2) is 7.94. The SMILES string of the molecule is CCOC.Cc1cc(NC=O)ccc1F. The predicted octanol–water partition coefficient (Wildman–Crippen LogP) is 2.36. The largest absolute Gasteiger partial charge is 0.385 e. The maximum atomic E-state index is 12.6. The minimum absolute atomic E-state index is 0.263. The first-order valence-corrected chi connectivity index (χ1v) is 4.61. The van der Waals surface area contributed by atoms with Crippen LogP contribution in [0.3, 0.4) is 0 Å². The number of carbonyl (C=O) groups is 1. The van der Waals surface area contributed by atoms with Crippen LogP contribution >= 0.6 is 0 Å². The van der Waals surface area contributed by atoms with Crippen LogP contribution in [-0.4, -0.2) is 20.1 Å². The van der Waals surface area contributed by atoms with Gasteiger partial charge in [0, 0.05) is 19.4 Å². The van der Waals surface area contributed by atoms with Crippen molar-refractivity contribution in [3.05, 3.63) is 29.6 Å². The molecule has 15 heavy (non-hydrogen) atoms. The summed E-state index contributed by atoms with van der Waals surface area (Å²) in [5.41, 5.74) is 1.13. The predicted molar refractivity (Wildman–Crippen MR) is 58.4 cm³/mol. The van der Waals surface area contributed by atoms with Crippen molar-refractivity contribution in [2.45, 2.75) is 13.8 Å². The monoisotopic (exact) mass is 213 g/mol. The molecule has 0 aliphatic rings. The summed E-state index contributed by atoms with van der Waals surface area (Å²) in [6, 6.07) is 4.40. The minimum Gasteiger partial charge on any atom is -0.385 e. The van der Waals surface area contributed by atoms with Crippen molar-refractivity contribution in [3.63, 3.8) is 0 Å². The molecule has 0 unspecified atom stereocenters. The number of carbonyl (C=O) groups excluding carboxylic acids is 1. The lowest BCUT2D eigenvalue weighted by molar-refractivity contribution is -0.105. The summed E-state index contributed by atoms with van der Waals surface area (Å²) in [6.45, 7) is 4.42. The number of benzene rings is 1. The number of ether oxygens (including phenoxy) is 1. The Labute approximate surface area is 89.3 Å². The molecule has 1 N–H and O–H groups in total. The van der Waals surface area contributed by atoms with Crippen molar-refractivity contribution in [1.29, 1.82) is 0 Å². The number of aryl methyl sites for hydroxylation is 1. The smallest absolute Gasteiger partial charge is 0.211 e. The van der Waals surface area contributed by atoms with Crippen LogP contribution in [-0.2, 0) is 9.53 Å². The van der Waals surface area contributed by atoms with E-state index >= 15 is 0 Å². The normalized spacial score (nSPS) is 8.80. The van der Waals surface area contributed by atoms with Gasteiger partial charge in [0.05, 0.1) is 0 Å². The molecule has 1 aromatic carbocycles. The average Bonchev–Trinajstić information content (AvgIpc) is 2.24. The fourth-order valence-electron chi connectivity index (χ4n) is 0.803. The molecule has 0 fully saturated rings. The second-order valence-electron chi connectivity index (χ2n) is 2.80. The Balaban J connectivity index is 0.000000423. The fraction of sp³-hybridized carbons (Fsp3) is 0.364. The van der Waals surface area contributed by atoms with Crippen LogP contribution in [0.4, 0.5) is 10.1 Å². The Hall–Kier alpha value is -1.42. The number of nitrogens with one attached hydrogen (secondary N) is 1. The van der Waals surface area contributed by atoms with Crippen LogP contribution in [0.5, 0.6) is 0 Å². The van der Waals surface area contributed by atoms with Gasteiger partial charge in [-0.05, 0) is 37.6 Å². The van der Waals surface area contributed by atoms with Crippen LogP contribution in [0.25, 0.3) is 0 Å². The van der Waals surface area contributed by atoms with Crippen molar-refractivity contribution in [2.24, 2.45) is 0 Å². The molecule has 0 bridgehead atoms. The molecule has 1 aromatic rings. The van der Waals surface area contributed by atoms with Crippen LogP contribution in [0.15, 0.2) is 18.2 Å². The van der Waals surface area contributed by atoms with Crippen molar-refractivity contribution in [2.75, 3.05) is 19.0 Å². The molecule has 0 heterocycles. The summed E-state index contributed by atoms with van der Waals surface area (Å²) in [7, 11) is 1.68. The first-order valence-electron chi connectivity index (χ1n) is 4.61. The van der Waals surface area contributed by atoms with Gasteiger partial charge >= 0.3 is 0 Å². The van der Waals surface area contributed by atoms with E-state index < -0.39 is 0 Å². The number of hydrogen-bond donors (Lipinski definition) is 1. The average molecular weight is 213 g/mol. The highest BCUT2D eigenvalue weighted by Crippen LogP contribution is 2.12. The van der Waals surface area contributed by atoms with Crippen LogP contribution in [0, 0.1) is 12.7 Å². The van der Waals surface area contributed by atoms with Gasteiger partial charge < -0.3 is 10.1 Å². The summed E-state index contributed by atoms with van der Waals surface area (Å²) < 4.78 is 17.2. The van der Waals surface area contributed by atoms with E-state index in [4.69, 9.17) is 0 Å². The summed E-state index contributed by atoms with van der Waals surface area (Å²) in [5, 5.41) is 2.43. The third-order valence-corrected chi connectivity index (χ3v) is 1.67. The van der Waals surface area contributed by atoms with Gasteiger partial charge in [-0.2, -0.15) is 0 Å². The number of halogens is 1. The van der Waals surface area contributed by atoms with E-state index in [-0.39, 0.29) is 5.82 Å². The lowest BCUT2D eigenvalue weighted by Gasteiger charge is -1.99. The van der Waals surface area contributed by atoms with E-state index in [0.29, 0.717) is 17.7 Å². The Morgan fingerprint density at radius 3 is 2.53 bits per heavy atom. The molecule has 3 nitrogen and oxygen atoms in total. The maximum Gasteiger partial charge on any atom is 0.211 e. The van der Waals surface area contributed by atoms with E-state index in [9.17, 15) is 9.18 Å². The first kappa shape index (κ1) is 13.6. The molecule has 4 heteroatoms. The fourth-order valence-corrected chi connectivity index (χ4v) is 0.803. The van der Waals surface area contributed by atoms with E-state index in [2.05, 4.69) is 10.1 Å². The first-order chi connectivity index (χ1) is 7.15. The molecule has 0 aliphatic carbocycles. The van der Waals surface area contributed by atoms with Gasteiger partial charge in [0.15, 0.2) is 0 Å². The summed E-state index contributed by atoms with van der Waals surface area (Å²) in [5.74, 6) is -0.263. The summed E-state index contributed by atoms with van der Waals surface area (Å²) >= 11 is 0. The zero-order chi connectivity index (χ0) is 11.7. The van der Waals surface area contributed by atoms with E-state index in [1.54, 1.807) is 20.1 Å². The summed E-state index contributed by atoms with van der Waals surface area (Å²) in [4.78, 5) is 9.97. The van der Waals surface area contributed by atoms with Crippen molar-refractivity contribution >= 4 is 12.1 Å². The van der Waals surface area contributed by atoms with Gasteiger partial charge in [-0.15, -0.1) is 0 Å². The number of amides is 1. The van der Waals surface area contributed by atoms with Gasteiger partial charge in [-0.3, -0.25) is 4.79 Å². The zero-order valence-electron chi connectivity index (χ0n) is 9.21. The Bertz CT molecular complexity index is 301. The molecule has 0 atom stereocenters. The second-order valence-corrected chi connectivity index (χ2v) is 2.80. The Morgan fingerprint density at radius 1 is 1.53 bits per heavy atom. The molecule has 1 rings (SSSR count). The molecule has 1 amide bonds. The molecule has 0 saturated heterocycles. The van der Waals surface area contributed by atoms with Gasteiger partial charge in [0.25, 0.3) is 0 Å². The number of rotatable bonds is 3. The molecule has 0 aliphatic heterocycles. The molecular formula is C11H16FNO2. The summed E-state index contributed by atoms with van der Waals surface area (Å²) in [6.07, 6.45) is 0.562. The van der Waals surface area contributed by atoms with Gasteiger partial charge in [0.2, 0.25) is 6.41 Å². The third-order valence-electron chi connectivity index (χ3n) is 1.67. The number of hydrogen-bond acceptors (Lipinski definition) is 2. The van der Waals surface area contributed by atoms with Crippen LogP contribution in [0.1, 0.15) is 12.5 Å². The molecule has 0 aromatic heterocycles. The van der Waals surface area contributed by atoms with Gasteiger partial charge in [0.1, 0.15) is 5.82 Å². The Morgan fingerprint density at radius 2 is 2.13 bits per heavy atom. The molecular weight excluding hydrogens is 197 g/mol. The molecule has 84 valence electrons. The topological polar surface area (TPSA) is 38.3 Å². The number of anilines is 1. The quantitative estimate of drug-likeness (QED) is 0.783. The van der Waals surface area contributed by atoms with E-state index in [1.807, 2.05) is 6.92 Å². The van der Waals surface area contributed by atoms with Crippen LogP contribution < -0.4 is 5.32 Å². The van der Waals surface area contributed by atoms with Crippen molar-refractivity contribution in [3.8, 4) is 0 Å². The standard InChI is InChI=1S/C8H8FNO.C3H8O/c1-6-4-7(10-5-11)2-3-8(6)9;1-3-4-2/h2-5H,1H3,(H,10,11);3H2,1-2H3. The highest BCUT2D eigenvalue weighted by molar-refractivity contribution is 5.71. The maximum absolute atomic E-state index is 12.6. The van der Waals surface area contributed by atoms with Gasteiger partial charge in [-0.1, -0.05) is 0 Å². The Kier molecular flexibility index (Phi) is 7.18. The van der Waals surface area contributed by atoms with Crippen molar-refractivity contribution in [1.82, 2.24) is 0 Å².